The summed E-state index contributed by atoms with van der Waals surface area (Å²) < 4.78 is 25.1. The van der Waals surface area contributed by atoms with Crippen LogP contribution in [-0.2, 0) is 9.05 Å². The number of carbonyl (C=O) groups is 1. The lowest BCUT2D eigenvalue weighted by molar-refractivity contribution is 0.104. The van der Waals surface area contributed by atoms with Gasteiger partial charge in [0.05, 0.1) is 33.6 Å². The SMILES string of the molecule is O=C1c2cnn(-c3ccccc3)c2-c2cccc(S(=O)(=O)Cl)c21. The molecule has 0 saturated heterocycles. The third kappa shape index (κ3) is 2.03. The van der Waals surface area contributed by atoms with Gasteiger partial charge < -0.3 is 0 Å². The van der Waals surface area contributed by atoms with Gasteiger partial charge in [-0.05, 0) is 18.2 Å². The number of nitrogens with zero attached hydrogens (tertiary/aromatic N) is 2. The van der Waals surface area contributed by atoms with Crippen LogP contribution in [0.3, 0.4) is 0 Å². The highest BCUT2D eigenvalue weighted by Gasteiger charge is 2.35. The number of hydrogen-bond donors (Lipinski definition) is 0. The predicted octanol–water partition coefficient (Wildman–Crippen LogP) is 3.01. The molecule has 0 bridgehead atoms. The fourth-order valence-electron chi connectivity index (χ4n) is 2.84. The molecule has 23 heavy (non-hydrogen) atoms. The normalized spacial score (nSPS) is 13.0. The molecule has 0 amide bonds. The van der Waals surface area contributed by atoms with E-state index in [1.807, 2.05) is 30.3 Å². The zero-order valence-electron chi connectivity index (χ0n) is 11.6. The maximum absolute atomic E-state index is 12.6. The summed E-state index contributed by atoms with van der Waals surface area (Å²) >= 11 is 0. The molecule has 0 radical (unpaired) electrons. The molecule has 0 unspecified atom stereocenters. The lowest BCUT2D eigenvalue weighted by atomic mass is 10.1. The minimum atomic E-state index is -4.01. The molecule has 3 aromatic rings. The van der Waals surface area contributed by atoms with Crippen molar-refractivity contribution in [3.63, 3.8) is 0 Å². The van der Waals surface area contributed by atoms with Gasteiger partial charge in [0.1, 0.15) is 0 Å². The summed E-state index contributed by atoms with van der Waals surface area (Å²) in [6, 6.07) is 13.9. The number of para-hydroxylation sites is 1. The number of ketones is 1. The number of aromatic nitrogens is 2. The van der Waals surface area contributed by atoms with Crippen molar-refractivity contribution in [2.24, 2.45) is 0 Å². The summed E-state index contributed by atoms with van der Waals surface area (Å²) in [7, 11) is 1.46. The Hall–Kier alpha value is -2.44. The summed E-state index contributed by atoms with van der Waals surface area (Å²) in [5.74, 6) is -0.378. The average molecular weight is 345 g/mol. The smallest absolute Gasteiger partial charge is 0.262 e. The van der Waals surface area contributed by atoms with Crippen LogP contribution < -0.4 is 0 Å². The molecule has 1 heterocycles. The monoisotopic (exact) mass is 344 g/mol. The van der Waals surface area contributed by atoms with Gasteiger partial charge in [0.15, 0.2) is 5.78 Å². The maximum atomic E-state index is 12.6. The van der Waals surface area contributed by atoms with Crippen LogP contribution in [0.4, 0.5) is 0 Å². The standard InChI is InChI=1S/C16H9ClN2O3S/c17-23(21,22)13-8-4-7-11-14(13)16(20)12-9-18-19(15(11)12)10-5-2-1-3-6-10/h1-9H. The Kier molecular flexibility index (Phi) is 2.94. The molecule has 0 saturated carbocycles. The molecule has 5 nitrogen and oxygen atoms in total. The van der Waals surface area contributed by atoms with Gasteiger partial charge in [0, 0.05) is 16.2 Å². The first-order valence-electron chi connectivity index (χ1n) is 6.74. The van der Waals surface area contributed by atoms with Crippen molar-refractivity contribution < 1.29 is 13.2 Å². The van der Waals surface area contributed by atoms with Gasteiger partial charge in [-0.15, -0.1) is 0 Å². The van der Waals surface area contributed by atoms with E-state index in [1.165, 1.54) is 12.3 Å². The first-order valence-corrected chi connectivity index (χ1v) is 9.05. The molecule has 114 valence electrons. The van der Waals surface area contributed by atoms with E-state index in [1.54, 1.807) is 16.8 Å². The third-order valence-electron chi connectivity index (χ3n) is 3.79. The van der Waals surface area contributed by atoms with E-state index >= 15 is 0 Å². The molecule has 0 atom stereocenters. The Bertz CT molecular complexity index is 1060. The van der Waals surface area contributed by atoms with Crippen LogP contribution in [0.25, 0.3) is 16.9 Å². The summed E-state index contributed by atoms with van der Waals surface area (Å²) in [6.45, 7) is 0. The molecule has 4 rings (SSSR count). The Morgan fingerprint density at radius 1 is 0.957 bits per heavy atom. The van der Waals surface area contributed by atoms with E-state index in [9.17, 15) is 13.2 Å². The Balaban J connectivity index is 2.04. The van der Waals surface area contributed by atoms with Crippen LogP contribution >= 0.6 is 10.7 Å². The van der Waals surface area contributed by atoms with Gasteiger partial charge in [-0.3, -0.25) is 4.79 Å². The third-order valence-corrected chi connectivity index (χ3v) is 5.15. The van der Waals surface area contributed by atoms with Gasteiger partial charge in [0.25, 0.3) is 9.05 Å². The van der Waals surface area contributed by atoms with Crippen molar-refractivity contribution >= 4 is 25.5 Å². The van der Waals surface area contributed by atoms with E-state index < -0.39 is 9.05 Å². The van der Waals surface area contributed by atoms with Crippen molar-refractivity contribution in [3.05, 3.63) is 65.9 Å². The second kappa shape index (κ2) is 4.78. The van der Waals surface area contributed by atoms with Crippen molar-refractivity contribution in [2.75, 3.05) is 0 Å². The van der Waals surface area contributed by atoms with Gasteiger partial charge in [-0.2, -0.15) is 5.10 Å². The second-order valence-corrected chi connectivity index (χ2v) is 7.63. The number of carbonyl (C=O) groups excluding carboxylic acids is 1. The fraction of sp³-hybridized carbons (Fsp3) is 0. The lowest BCUT2D eigenvalue weighted by Gasteiger charge is -2.08. The molecular formula is C16H9ClN2O3S. The minimum Gasteiger partial charge on any atom is -0.288 e. The molecule has 0 N–H and O–H groups in total. The lowest BCUT2D eigenvalue weighted by Crippen LogP contribution is -2.04. The van der Waals surface area contributed by atoms with E-state index in [4.69, 9.17) is 10.7 Å². The highest BCUT2D eigenvalue weighted by molar-refractivity contribution is 8.13. The number of halogens is 1. The van der Waals surface area contributed by atoms with Gasteiger partial charge in [-0.25, -0.2) is 13.1 Å². The number of rotatable bonds is 2. The Labute approximate surface area is 136 Å². The van der Waals surface area contributed by atoms with E-state index in [0.717, 1.165) is 5.69 Å². The first-order chi connectivity index (χ1) is 11.0. The zero-order valence-corrected chi connectivity index (χ0v) is 13.2. The summed E-state index contributed by atoms with van der Waals surface area (Å²) in [4.78, 5) is 12.5. The van der Waals surface area contributed by atoms with Crippen molar-refractivity contribution in [1.29, 1.82) is 0 Å². The molecular weight excluding hydrogens is 336 g/mol. The Morgan fingerprint density at radius 3 is 2.39 bits per heavy atom. The van der Waals surface area contributed by atoms with Crippen LogP contribution in [0.5, 0.6) is 0 Å². The zero-order chi connectivity index (χ0) is 16.2. The average Bonchev–Trinajstić information content (AvgIpc) is 3.08. The summed E-state index contributed by atoms with van der Waals surface area (Å²) in [6.07, 6.45) is 1.45. The highest BCUT2D eigenvalue weighted by atomic mass is 35.7. The number of fused-ring (bicyclic) bond motifs is 3. The van der Waals surface area contributed by atoms with Gasteiger partial charge >= 0.3 is 0 Å². The minimum absolute atomic E-state index is 0.111. The molecule has 7 heteroatoms. The van der Waals surface area contributed by atoms with Crippen LogP contribution in [0.2, 0.25) is 0 Å². The molecule has 0 aliphatic heterocycles. The van der Waals surface area contributed by atoms with Gasteiger partial charge in [0.2, 0.25) is 0 Å². The topological polar surface area (TPSA) is 69.0 Å². The van der Waals surface area contributed by atoms with Crippen LogP contribution in [0, 0.1) is 0 Å². The summed E-state index contributed by atoms with van der Waals surface area (Å²) in [5, 5.41) is 4.26. The largest absolute Gasteiger partial charge is 0.288 e. The predicted molar refractivity (Wildman–Crippen MR) is 85.5 cm³/mol. The van der Waals surface area contributed by atoms with Gasteiger partial charge in [-0.1, -0.05) is 30.3 Å². The van der Waals surface area contributed by atoms with Crippen molar-refractivity contribution in [2.45, 2.75) is 4.90 Å². The molecule has 0 fully saturated rings. The summed E-state index contributed by atoms with van der Waals surface area (Å²) in [5.41, 5.74) is 2.37. The molecule has 2 aromatic carbocycles. The van der Waals surface area contributed by atoms with Crippen LogP contribution in [0.15, 0.2) is 59.6 Å². The van der Waals surface area contributed by atoms with E-state index in [-0.39, 0.29) is 16.2 Å². The molecule has 1 aliphatic carbocycles. The molecule has 1 aliphatic rings. The Morgan fingerprint density at radius 2 is 1.70 bits per heavy atom. The van der Waals surface area contributed by atoms with Crippen LogP contribution in [0.1, 0.15) is 15.9 Å². The van der Waals surface area contributed by atoms with Crippen LogP contribution in [-0.4, -0.2) is 24.0 Å². The maximum Gasteiger partial charge on any atom is 0.262 e. The highest BCUT2D eigenvalue weighted by Crippen LogP contribution is 2.41. The molecule has 0 spiro atoms. The van der Waals surface area contributed by atoms with Crippen molar-refractivity contribution in [1.82, 2.24) is 9.78 Å². The fourth-order valence-corrected chi connectivity index (χ4v) is 3.91. The quantitative estimate of drug-likeness (QED) is 0.524. The van der Waals surface area contributed by atoms with Crippen molar-refractivity contribution in [3.8, 4) is 16.9 Å². The molecule has 1 aromatic heterocycles. The number of benzene rings is 2. The first kappa shape index (κ1) is 14.2. The second-order valence-electron chi connectivity index (χ2n) is 5.10. The van der Waals surface area contributed by atoms with E-state index in [2.05, 4.69) is 5.10 Å². The number of hydrogen-bond acceptors (Lipinski definition) is 4. The van der Waals surface area contributed by atoms with E-state index in [0.29, 0.717) is 16.8 Å².